The van der Waals surface area contributed by atoms with Gasteiger partial charge in [0.25, 0.3) is 0 Å². The molecule has 0 bridgehead atoms. The van der Waals surface area contributed by atoms with E-state index in [-0.39, 0.29) is 0 Å². The van der Waals surface area contributed by atoms with Crippen molar-refractivity contribution in [3.05, 3.63) is 12.2 Å². The third-order valence-corrected chi connectivity index (χ3v) is 5.25. The minimum atomic E-state index is 0.893. The summed E-state index contributed by atoms with van der Waals surface area (Å²) in [6.07, 6.45) is 15.1. The van der Waals surface area contributed by atoms with Crippen LogP contribution in [0.1, 0.15) is 65.7 Å². The molecule has 17 heavy (non-hydrogen) atoms. The summed E-state index contributed by atoms with van der Waals surface area (Å²) in [6.45, 7) is 7.24. The summed E-state index contributed by atoms with van der Waals surface area (Å²) >= 11 is 0. The van der Waals surface area contributed by atoms with E-state index in [1.807, 2.05) is 0 Å². The molecule has 0 radical (unpaired) electrons. The van der Waals surface area contributed by atoms with Gasteiger partial charge in [-0.1, -0.05) is 45.8 Å². The Morgan fingerprint density at radius 2 is 2.00 bits per heavy atom. The maximum Gasteiger partial charge on any atom is -0.0202 e. The van der Waals surface area contributed by atoms with E-state index >= 15 is 0 Å². The molecule has 0 aliphatic heterocycles. The highest BCUT2D eigenvalue weighted by Gasteiger charge is 2.39. The molecule has 0 spiro atoms. The van der Waals surface area contributed by atoms with Gasteiger partial charge in [0, 0.05) is 0 Å². The Morgan fingerprint density at radius 1 is 1.18 bits per heavy atom. The minimum absolute atomic E-state index is 0.893. The number of hydrogen-bond donors (Lipinski definition) is 0. The van der Waals surface area contributed by atoms with Crippen molar-refractivity contribution in [2.24, 2.45) is 29.6 Å². The van der Waals surface area contributed by atoms with Crippen molar-refractivity contribution in [3.8, 4) is 0 Å². The first-order valence-corrected chi connectivity index (χ1v) is 7.90. The van der Waals surface area contributed by atoms with Crippen LogP contribution in [0.4, 0.5) is 0 Å². The lowest BCUT2D eigenvalue weighted by Crippen LogP contribution is -2.24. The average molecular weight is 234 g/mol. The summed E-state index contributed by atoms with van der Waals surface area (Å²) in [5.74, 6) is 4.86. The van der Waals surface area contributed by atoms with E-state index in [4.69, 9.17) is 0 Å². The average Bonchev–Trinajstić information content (AvgIpc) is 2.75. The summed E-state index contributed by atoms with van der Waals surface area (Å²) < 4.78 is 0. The SMILES string of the molecule is CCC[C@@H]1C(C(C)C)CC[C@@H]1C1C=CCCC1. The van der Waals surface area contributed by atoms with E-state index in [1.165, 1.54) is 44.9 Å². The summed E-state index contributed by atoms with van der Waals surface area (Å²) in [5.41, 5.74) is 0. The van der Waals surface area contributed by atoms with E-state index in [9.17, 15) is 0 Å². The van der Waals surface area contributed by atoms with Crippen molar-refractivity contribution < 1.29 is 0 Å². The zero-order valence-corrected chi connectivity index (χ0v) is 12.0. The molecule has 2 unspecified atom stereocenters. The number of allylic oxidation sites excluding steroid dienone is 2. The normalized spacial score (nSPS) is 37.9. The number of hydrogen-bond acceptors (Lipinski definition) is 0. The van der Waals surface area contributed by atoms with Crippen LogP contribution < -0.4 is 0 Å². The standard InChI is InChI=1S/C17H30/c1-4-8-17-15(13(2)3)11-12-16(17)14-9-6-5-7-10-14/h6,9,13-17H,4-5,7-8,10-12H2,1-3H3/t14?,15?,16-,17-/m1/s1. The van der Waals surface area contributed by atoms with Gasteiger partial charge in [-0.25, -0.2) is 0 Å². The summed E-state index contributed by atoms with van der Waals surface area (Å²) in [6, 6.07) is 0. The highest BCUT2D eigenvalue weighted by atomic mass is 14.4. The molecule has 1 fully saturated rings. The topological polar surface area (TPSA) is 0 Å². The fourth-order valence-electron chi connectivity index (χ4n) is 4.45. The summed E-state index contributed by atoms with van der Waals surface area (Å²) in [4.78, 5) is 0. The fourth-order valence-corrected chi connectivity index (χ4v) is 4.45. The molecule has 0 heteroatoms. The van der Waals surface area contributed by atoms with Crippen LogP contribution in [-0.2, 0) is 0 Å². The van der Waals surface area contributed by atoms with Gasteiger partial charge < -0.3 is 0 Å². The number of rotatable bonds is 4. The smallest absolute Gasteiger partial charge is 0.0202 e. The molecule has 0 aromatic carbocycles. The fraction of sp³-hybridized carbons (Fsp3) is 0.882. The molecule has 2 aliphatic carbocycles. The van der Waals surface area contributed by atoms with E-state index in [0.29, 0.717) is 0 Å². The molecule has 0 amide bonds. The first kappa shape index (κ1) is 13.2. The van der Waals surface area contributed by atoms with Gasteiger partial charge in [-0.15, -0.1) is 0 Å². The first-order valence-electron chi connectivity index (χ1n) is 7.90. The van der Waals surface area contributed by atoms with E-state index in [0.717, 1.165) is 29.6 Å². The highest BCUT2D eigenvalue weighted by Crippen LogP contribution is 2.48. The van der Waals surface area contributed by atoms with Crippen molar-refractivity contribution >= 4 is 0 Å². The zero-order chi connectivity index (χ0) is 12.3. The summed E-state index contributed by atoms with van der Waals surface area (Å²) in [5, 5.41) is 0. The van der Waals surface area contributed by atoms with Crippen LogP contribution in [0.25, 0.3) is 0 Å². The monoisotopic (exact) mass is 234 g/mol. The van der Waals surface area contributed by atoms with Gasteiger partial charge in [-0.3, -0.25) is 0 Å². The van der Waals surface area contributed by atoms with Gasteiger partial charge in [0.15, 0.2) is 0 Å². The molecule has 1 saturated carbocycles. The second kappa shape index (κ2) is 6.07. The zero-order valence-electron chi connectivity index (χ0n) is 12.0. The molecule has 0 aromatic rings. The predicted octanol–water partition coefficient (Wildman–Crippen LogP) is 5.44. The molecular formula is C17H30. The Balaban J connectivity index is 2.05. The van der Waals surface area contributed by atoms with Crippen molar-refractivity contribution in [1.29, 1.82) is 0 Å². The molecule has 0 heterocycles. The Morgan fingerprint density at radius 3 is 2.59 bits per heavy atom. The van der Waals surface area contributed by atoms with Crippen LogP contribution in [0.2, 0.25) is 0 Å². The lowest BCUT2D eigenvalue weighted by atomic mass is 9.73. The first-order chi connectivity index (χ1) is 8.24. The molecule has 4 atom stereocenters. The molecular weight excluding hydrogens is 204 g/mol. The maximum absolute atomic E-state index is 2.56. The predicted molar refractivity (Wildman–Crippen MR) is 75.9 cm³/mol. The van der Waals surface area contributed by atoms with Crippen LogP contribution in [0.5, 0.6) is 0 Å². The molecule has 2 rings (SSSR count). The van der Waals surface area contributed by atoms with E-state index in [2.05, 4.69) is 32.9 Å². The third kappa shape index (κ3) is 2.95. The van der Waals surface area contributed by atoms with Gasteiger partial charge in [0.05, 0.1) is 0 Å². The largest absolute Gasteiger partial charge is 0.0882 e. The van der Waals surface area contributed by atoms with E-state index in [1.54, 1.807) is 0 Å². The minimum Gasteiger partial charge on any atom is -0.0882 e. The van der Waals surface area contributed by atoms with Crippen molar-refractivity contribution in [2.45, 2.75) is 65.7 Å². The van der Waals surface area contributed by atoms with E-state index < -0.39 is 0 Å². The van der Waals surface area contributed by atoms with Crippen LogP contribution in [0.3, 0.4) is 0 Å². The van der Waals surface area contributed by atoms with Crippen molar-refractivity contribution in [2.75, 3.05) is 0 Å². The van der Waals surface area contributed by atoms with Gasteiger partial charge in [0.1, 0.15) is 0 Å². The Labute approximate surface area is 108 Å². The second-order valence-corrected chi connectivity index (χ2v) is 6.62. The van der Waals surface area contributed by atoms with Gasteiger partial charge in [0.2, 0.25) is 0 Å². The van der Waals surface area contributed by atoms with Crippen LogP contribution in [0, 0.1) is 29.6 Å². The molecule has 0 aromatic heterocycles. The van der Waals surface area contributed by atoms with Crippen molar-refractivity contribution in [3.63, 3.8) is 0 Å². The van der Waals surface area contributed by atoms with Gasteiger partial charge in [-0.05, 0) is 61.7 Å². The van der Waals surface area contributed by atoms with Crippen LogP contribution in [0.15, 0.2) is 12.2 Å². The van der Waals surface area contributed by atoms with Gasteiger partial charge in [-0.2, -0.15) is 0 Å². The molecule has 0 saturated heterocycles. The lowest BCUT2D eigenvalue weighted by molar-refractivity contribution is 0.196. The molecule has 98 valence electrons. The summed E-state index contributed by atoms with van der Waals surface area (Å²) in [7, 11) is 0. The molecule has 0 nitrogen and oxygen atoms in total. The molecule has 0 N–H and O–H groups in total. The lowest BCUT2D eigenvalue weighted by Gasteiger charge is -2.32. The quantitative estimate of drug-likeness (QED) is 0.568. The Bertz CT molecular complexity index is 251. The van der Waals surface area contributed by atoms with Crippen molar-refractivity contribution in [1.82, 2.24) is 0 Å². The van der Waals surface area contributed by atoms with Crippen LogP contribution >= 0.6 is 0 Å². The van der Waals surface area contributed by atoms with Gasteiger partial charge >= 0.3 is 0 Å². The highest BCUT2D eigenvalue weighted by molar-refractivity contribution is 5.00. The Hall–Kier alpha value is -0.260. The maximum atomic E-state index is 2.56. The van der Waals surface area contributed by atoms with Crippen LogP contribution in [-0.4, -0.2) is 0 Å². The third-order valence-electron chi connectivity index (χ3n) is 5.25. The molecule has 2 aliphatic rings. The Kier molecular flexibility index (Phi) is 4.70. The second-order valence-electron chi connectivity index (χ2n) is 6.62.